The summed E-state index contributed by atoms with van der Waals surface area (Å²) in [6.07, 6.45) is 12.2. The van der Waals surface area contributed by atoms with E-state index in [4.69, 9.17) is 4.52 Å². The van der Waals surface area contributed by atoms with Gasteiger partial charge in [0.05, 0.1) is 6.20 Å². The second-order valence-electron chi connectivity index (χ2n) is 5.06. The summed E-state index contributed by atoms with van der Waals surface area (Å²) in [5.41, 5.74) is 1.22. The highest BCUT2D eigenvalue weighted by atomic mass is 16.5. The van der Waals surface area contributed by atoms with Gasteiger partial charge in [0.2, 0.25) is 0 Å². The van der Waals surface area contributed by atoms with E-state index in [9.17, 15) is 0 Å². The minimum atomic E-state index is 0.592. The van der Waals surface area contributed by atoms with Gasteiger partial charge in [0.25, 0.3) is 0 Å². The van der Waals surface area contributed by atoms with E-state index >= 15 is 0 Å². The topological polar surface area (TPSA) is 26.0 Å². The standard InChI is InChI=1S/C15H27NO/c1-4-6-8-9-11-14(10-7-5-2)15-13(3)12-16-17-15/h12,14H,4-11H2,1-3H3. The third kappa shape index (κ3) is 4.93. The van der Waals surface area contributed by atoms with E-state index in [0.717, 1.165) is 5.76 Å². The average Bonchev–Trinajstić information content (AvgIpc) is 2.75. The highest BCUT2D eigenvalue weighted by Crippen LogP contribution is 2.30. The molecule has 0 amide bonds. The molecule has 0 N–H and O–H groups in total. The Kier molecular flexibility index (Phi) is 6.99. The molecule has 2 heteroatoms. The summed E-state index contributed by atoms with van der Waals surface area (Å²) < 4.78 is 5.43. The van der Waals surface area contributed by atoms with Crippen LogP contribution in [0.2, 0.25) is 0 Å². The molecule has 0 aliphatic rings. The van der Waals surface area contributed by atoms with Gasteiger partial charge in [0, 0.05) is 11.5 Å². The number of unbranched alkanes of at least 4 members (excludes halogenated alkanes) is 4. The maximum absolute atomic E-state index is 5.43. The van der Waals surface area contributed by atoms with Crippen molar-refractivity contribution in [2.24, 2.45) is 0 Å². The third-order valence-corrected chi connectivity index (χ3v) is 3.47. The number of nitrogens with zero attached hydrogens (tertiary/aromatic N) is 1. The SMILES string of the molecule is CCCCCCC(CCCC)c1oncc1C. The molecular weight excluding hydrogens is 210 g/mol. The first-order valence-electron chi connectivity index (χ1n) is 7.20. The lowest BCUT2D eigenvalue weighted by atomic mass is 9.91. The minimum Gasteiger partial charge on any atom is -0.361 e. The van der Waals surface area contributed by atoms with Crippen LogP contribution >= 0.6 is 0 Å². The first kappa shape index (κ1) is 14.3. The summed E-state index contributed by atoms with van der Waals surface area (Å²) in [6, 6.07) is 0. The Morgan fingerprint density at radius 3 is 2.35 bits per heavy atom. The van der Waals surface area contributed by atoms with Gasteiger partial charge >= 0.3 is 0 Å². The van der Waals surface area contributed by atoms with Gasteiger partial charge in [-0.2, -0.15) is 0 Å². The molecule has 1 aromatic rings. The molecule has 0 saturated heterocycles. The lowest BCUT2D eigenvalue weighted by molar-refractivity contribution is 0.337. The number of hydrogen-bond donors (Lipinski definition) is 0. The van der Waals surface area contributed by atoms with E-state index in [1.807, 2.05) is 6.20 Å². The van der Waals surface area contributed by atoms with Crippen LogP contribution in [-0.2, 0) is 0 Å². The van der Waals surface area contributed by atoms with Gasteiger partial charge in [-0.05, 0) is 19.8 Å². The molecule has 0 aliphatic heterocycles. The fourth-order valence-electron chi connectivity index (χ4n) is 2.37. The maximum atomic E-state index is 5.43. The van der Waals surface area contributed by atoms with Crippen LogP contribution in [0.15, 0.2) is 10.7 Å². The molecule has 2 nitrogen and oxygen atoms in total. The smallest absolute Gasteiger partial charge is 0.142 e. The molecule has 1 aromatic heterocycles. The van der Waals surface area contributed by atoms with Crippen LogP contribution in [0, 0.1) is 6.92 Å². The van der Waals surface area contributed by atoms with Crippen molar-refractivity contribution in [3.8, 4) is 0 Å². The van der Waals surface area contributed by atoms with Gasteiger partial charge in [-0.25, -0.2) is 0 Å². The summed E-state index contributed by atoms with van der Waals surface area (Å²) >= 11 is 0. The Morgan fingerprint density at radius 1 is 1.06 bits per heavy atom. The van der Waals surface area contributed by atoms with Crippen molar-refractivity contribution in [1.29, 1.82) is 0 Å². The van der Waals surface area contributed by atoms with Gasteiger partial charge in [-0.15, -0.1) is 0 Å². The van der Waals surface area contributed by atoms with Gasteiger partial charge in [-0.1, -0.05) is 57.5 Å². The highest BCUT2D eigenvalue weighted by molar-refractivity contribution is 5.15. The van der Waals surface area contributed by atoms with Gasteiger partial charge < -0.3 is 4.52 Å². The van der Waals surface area contributed by atoms with E-state index in [1.165, 1.54) is 56.9 Å². The molecule has 0 fully saturated rings. The molecular formula is C15H27NO. The largest absolute Gasteiger partial charge is 0.361 e. The number of hydrogen-bond acceptors (Lipinski definition) is 2. The Balaban J connectivity index is 2.46. The fourth-order valence-corrected chi connectivity index (χ4v) is 2.37. The van der Waals surface area contributed by atoms with E-state index < -0.39 is 0 Å². The van der Waals surface area contributed by atoms with E-state index in [1.54, 1.807) is 0 Å². The van der Waals surface area contributed by atoms with Crippen molar-refractivity contribution in [1.82, 2.24) is 5.16 Å². The quantitative estimate of drug-likeness (QED) is 0.550. The normalized spacial score (nSPS) is 12.9. The zero-order chi connectivity index (χ0) is 12.5. The van der Waals surface area contributed by atoms with Crippen molar-refractivity contribution in [2.45, 2.75) is 78.1 Å². The lowest BCUT2D eigenvalue weighted by Crippen LogP contribution is -2.00. The van der Waals surface area contributed by atoms with Crippen molar-refractivity contribution in [3.63, 3.8) is 0 Å². The van der Waals surface area contributed by atoms with Crippen molar-refractivity contribution in [3.05, 3.63) is 17.5 Å². The van der Waals surface area contributed by atoms with Gasteiger partial charge in [0.15, 0.2) is 0 Å². The van der Waals surface area contributed by atoms with Crippen molar-refractivity contribution >= 4 is 0 Å². The van der Waals surface area contributed by atoms with Crippen LogP contribution in [0.25, 0.3) is 0 Å². The van der Waals surface area contributed by atoms with Gasteiger partial charge in [0.1, 0.15) is 5.76 Å². The molecule has 1 rings (SSSR count). The number of aromatic nitrogens is 1. The monoisotopic (exact) mass is 237 g/mol. The number of aryl methyl sites for hydroxylation is 1. The molecule has 0 aliphatic carbocycles. The maximum Gasteiger partial charge on any atom is 0.142 e. The molecule has 0 bridgehead atoms. The highest BCUT2D eigenvalue weighted by Gasteiger charge is 2.17. The Bertz CT molecular complexity index is 293. The van der Waals surface area contributed by atoms with Crippen LogP contribution in [-0.4, -0.2) is 5.16 Å². The molecule has 0 aromatic carbocycles. The van der Waals surface area contributed by atoms with Crippen LogP contribution in [0.3, 0.4) is 0 Å². The zero-order valence-corrected chi connectivity index (χ0v) is 11.7. The minimum absolute atomic E-state index is 0.592. The molecule has 1 unspecified atom stereocenters. The van der Waals surface area contributed by atoms with E-state index in [0.29, 0.717) is 5.92 Å². The molecule has 98 valence electrons. The molecule has 17 heavy (non-hydrogen) atoms. The van der Waals surface area contributed by atoms with Crippen LogP contribution in [0.4, 0.5) is 0 Å². The summed E-state index contributed by atoms with van der Waals surface area (Å²) in [4.78, 5) is 0. The summed E-state index contributed by atoms with van der Waals surface area (Å²) in [5, 5.41) is 3.92. The molecule has 0 saturated carbocycles. The Morgan fingerprint density at radius 2 is 1.76 bits per heavy atom. The first-order chi connectivity index (χ1) is 8.29. The van der Waals surface area contributed by atoms with Crippen LogP contribution < -0.4 is 0 Å². The summed E-state index contributed by atoms with van der Waals surface area (Å²) in [6.45, 7) is 6.62. The second-order valence-corrected chi connectivity index (χ2v) is 5.06. The van der Waals surface area contributed by atoms with Gasteiger partial charge in [-0.3, -0.25) is 0 Å². The third-order valence-electron chi connectivity index (χ3n) is 3.47. The molecule has 0 spiro atoms. The second kappa shape index (κ2) is 8.32. The van der Waals surface area contributed by atoms with Crippen molar-refractivity contribution in [2.75, 3.05) is 0 Å². The summed E-state index contributed by atoms with van der Waals surface area (Å²) in [5.74, 6) is 1.73. The van der Waals surface area contributed by atoms with E-state index in [-0.39, 0.29) is 0 Å². The predicted molar refractivity (Wildman–Crippen MR) is 72.3 cm³/mol. The fraction of sp³-hybridized carbons (Fsp3) is 0.800. The average molecular weight is 237 g/mol. The van der Waals surface area contributed by atoms with Crippen LogP contribution in [0.5, 0.6) is 0 Å². The Hall–Kier alpha value is -0.790. The van der Waals surface area contributed by atoms with E-state index in [2.05, 4.69) is 25.9 Å². The zero-order valence-electron chi connectivity index (χ0n) is 11.7. The number of rotatable bonds is 9. The molecule has 0 radical (unpaired) electrons. The summed E-state index contributed by atoms with van der Waals surface area (Å²) in [7, 11) is 0. The lowest BCUT2D eigenvalue weighted by Gasteiger charge is -2.14. The van der Waals surface area contributed by atoms with Crippen molar-refractivity contribution < 1.29 is 4.52 Å². The first-order valence-corrected chi connectivity index (χ1v) is 7.20. The molecule has 1 heterocycles. The van der Waals surface area contributed by atoms with Crippen LogP contribution in [0.1, 0.15) is 82.5 Å². The predicted octanol–water partition coefficient (Wildman–Crippen LogP) is 5.23. The molecule has 1 atom stereocenters. The Labute approximate surface area is 106 Å².